The standard InChI is InChI=1S/C16H16F3NO/c1-2-15(21)20-10-9-13(11-20)4-3-12-5-7-14(8-6-12)16(17,18)19/h2-8,13H,1,9-11H2. The molecule has 21 heavy (non-hydrogen) atoms. The second-order valence-corrected chi connectivity index (χ2v) is 5.02. The fourth-order valence-corrected chi connectivity index (χ4v) is 2.30. The van der Waals surface area contributed by atoms with Gasteiger partial charge in [-0.25, -0.2) is 0 Å². The first-order valence-electron chi connectivity index (χ1n) is 6.67. The minimum atomic E-state index is -4.31. The number of likely N-dealkylation sites (tertiary alicyclic amines) is 1. The van der Waals surface area contributed by atoms with Crippen LogP contribution in [-0.2, 0) is 11.0 Å². The van der Waals surface area contributed by atoms with Gasteiger partial charge in [0.1, 0.15) is 0 Å². The van der Waals surface area contributed by atoms with E-state index < -0.39 is 11.7 Å². The Morgan fingerprint density at radius 2 is 1.95 bits per heavy atom. The molecule has 1 atom stereocenters. The van der Waals surface area contributed by atoms with Crippen molar-refractivity contribution >= 4 is 12.0 Å². The molecule has 0 N–H and O–H groups in total. The Morgan fingerprint density at radius 3 is 2.52 bits per heavy atom. The van der Waals surface area contributed by atoms with Gasteiger partial charge in [-0.1, -0.05) is 30.9 Å². The molecule has 1 heterocycles. The maximum absolute atomic E-state index is 12.4. The molecule has 2 nitrogen and oxygen atoms in total. The van der Waals surface area contributed by atoms with Crippen molar-refractivity contribution in [3.05, 3.63) is 54.1 Å². The molecule has 0 aliphatic carbocycles. The van der Waals surface area contributed by atoms with E-state index in [-0.39, 0.29) is 11.8 Å². The number of carbonyl (C=O) groups excluding carboxylic acids is 1. The highest BCUT2D eigenvalue weighted by atomic mass is 19.4. The third-order valence-electron chi connectivity index (χ3n) is 3.51. The van der Waals surface area contributed by atoms with Crippen molar-refractivity contribution in [1.29, 1.82) is 0 Å². The van der Waals surface area contributed by atoms with Gasteiger partial charge in [0.2, 0.25) is 5.91 Å². The second kappa shape index (κ2) is 6.16. The Labute approximate surface area is 121 Å². The summed E-state index contributed by atoms with van der Waals surface area (Å²) >= 11 is 0. The van der Waals surface area contributed by atoms with Gasteiger partial charge in [0.05, 0.1) is 5.56 Å². The molecule has 0 aromatic heterocycles. The van der Waals surface area contributed by atoms with E-state index >= 15 is 0 Å². The van der Waals surface area contributed by atoms with Gasteiger partial charge in [-0.05, 0) is 36.1 Å². The normalized spacial score (nSPS) is 19.2. The van der Waals surface area contributed by atoms with Gasteiger partial charge in [0, 0.05) is 13.1 Å². The lowest BCUT2D eigenvalue weighted by molar-refractivity contribution is -0.137. The number of hydrogen-bond donors (Lipinski definition) is 0. The maximum atomic E-state index is 12.4. The van der Waals surface area contributed by atoms with E-state index in [0.29, 0.717) is 13.1 Å². The summed E-state index contributed by atoms with van der Waals surface area (Å²) in [4.78, 5) is 13.2. The number of alkyl halides is 3. The molecule has 5 heteroatoms. The first kappa shape index (κ1) is 15.4. The van der Waals surface area contributed by atoms with Gasteiger partial charge in [0.25, 0.3) is 0 Å². The largest absolute Gasteiger partial charge is 0.416 e. The van der Waals surface area contributed by atoms with Crippen molar-refractivity contribution in [3.63, 3.8) is 0 Å². The topological polar surface area (TPSA) is 20.3 Å². The average molecular weight is 295 g/mol. The van der Waals surface area contributed by atoms with Crippen LogP contribution in [-0.4, -0.2) is 23.9 Å². The minimum absolute atomic E-state index is 0.0829. The molecule has 1 fully saturated rings. The molecule has 1 unspecified atom stereocenters. The molecule has 0 spiro atoms. The van der Waals surface area contributed by atoms with Crippen LogP contribution in [0.5, 0.6) is 0 Å². The zero-order chi connectivity index (χ0) is 15.5. The van der Waals surface area contributed by atoms with Crippen molar-refractivity contribution in [1.82, 2.24) is 4.90 Å². The number of carbonyl (C=O) groups is 1. The molecule has 2 rings (SSSR count). The first-order chi connectivity index (χ1) is 9.90. The highest BCUT2D eigenvalue weighted by Gasteiger charge is 2.29. The van der Waals surface area contributed by atoms with Crippen LogP contribution < -0.4 is 0 Å². The predicted molar refractivity (Wildman–Crippen MR) is 75.4 cm³/mol. The van der Waals surface area contributed by atoms with Gasteiger partial charge < -0.3 is 4.90 Å². The third-order valence-corrected chi connectivity index (χ3v) is 3.51. The fraction of sp³-hybridized carbons (Fsp3) is 0.312. The molecule has 1 amide bonds. The molecule has 0 radical (unpaired) electrons. The second-order valence-electron chi connectivity index (χ2n) is 5.02. The Balaban J connectivity index is 1.96. The number of nitrogens with zero attached hydrogens (tertiary/aromatic N) is 1. The van der Waals surface area contributed by atoms with E-state index in [9.17, 15) is 18.0 Å². The molecule has 0 bridgehead atoms. The smallest absolute Gasteiger partial charge is 0.339 e. The minimum Gasteiger partial charge on any atom is -0.339 e. The Hall–Kier alpha value is -2.04. The van der Waals surface area contributed by atoms with Gasteiger partial charge in [-0.15, -0.1) is 0 Å². The van der Waals surface area contributed by atoms with Crippen LogP contribution in [0.3, 0.4) is 0 Å². The van der Waals surface area contributed by atoms with Crippen molar-refractivity contribution in [2.45, 2.75) is 12.6 Å². The lowest BCUT2D eigenvalue weighted by Crippen LogP contribution is -2.26. The van der Waals surface area contributed by atoms with Crippen molar-refractivity contribution in [3.8, 4) is 0 Å². The van der Waals surface area contributed by atoms with E-state index in [4.69, 9.17) is 0 Å². The van der Waals surface area contributed by atoms with Gasteiger partial charge in [-0.2, -0.15) is 13.2 Å². The van der Waals surface area contributed by atoms with Crippen LogP contribution in [0.4, 0.5) is 13.2 Å². The summed E-state index contributed by atoms with van der Waals surface area (Å²) in [6.45, 7) is 4.77. The number of rotatable bonds is 3. The lowest BCUT2D eigenvalue weighted by atomic mass is 10.1. The van der Waals surface area contributed by atoms with Crippen LogP contribution >= 0.6 is 0 Å². The zero-order valence-electron chi connectivity index (χ0n) is 11.4. The van der Waals surface area contributed by atoms with E-state index in [1.165, 1.54) is 18.2 Å². The van der Waals surface area contributed by atoms with Gasteiger partial charge >= 0.3 is 6.18 Å². The summed E-state index contributed by atoms with van der Waals surface area (Å²) in [5.41, 5.74) is 0.0692. The van der Waals surface area contributed by atoms with Crippen molar-refractivity contribution < 1.29 is 18.0 Å². The van der Waals surface area contributed by atoms with Crippen LogP contribution in [0.1, 0.15) is 17.5 Å². The maximum Gasteiger partial charge on any atom is 0.416 e. The van der Waals surface area contributed by atoms with Crippen LogP contribution in [0, 0.1) is 5.92 Å². The molecule has 1 aliphatic heterocycles. The van der Waals surface area contributed by atoms with Crippen LogP contribution in [0.2, 0.25) is 0 Å². The van der Waals surface area contributed by atoms with Crippen molar-refractivity contribution in [2.24, 2.45) is 5.92 Å². The number of halogens is 3. The quantitative estimate of drug-likeness (QED) is 0.778. The van der Waals surface area contributed by atoms with E-state index in [0.717, 1.165) is 24.1 Å². The van der Waals surface area contributed by atoms with E-state index in [1.54, 1.807) is 11.0 Å². The number of hydrogen-bond acceptors (Lipinski definition) is 1. The number of amides is 1. The fourth-order valence-electron chi connectivity index (χ4n) is 2.30. The Morgan fingerprint density at radius 1 is 1.29 bits per heavy atom. The summed E-state index contributed by atoms with van der Waals surface area (Å²) in [5, 5.41) is 0. The monoisotopic (exact) mass is 295 g/mol. The molecule has 1 aromatic carbocycles. The SMILES string of the molecule is C=CC(=O)N1CCC(C=Cc2ccc(C(F)(F)F)cc2)C1. The molecule has 112 valence electrons. The van der Waals surface area contributed by atoms with E-state index in [2.05, 4.69) is 6.58 Å². The number of benzene rings is 1. The lowest BCUT2D eigenvalue weighted by Gasteiger charge is -2.12. The molecule has 0 saturated carbocycles. The third kappa shape index (κ3) is 3.97. The average Bonchev–Trinajstić information content (AvgIpc) is 2.92. The van der Waals surface area contributed by atoms with Crippen LogP contribution in [0.15, 0.2) is 43.0 Å². The molecule has 1 aliphatic rings. The summed E-state index contributed by atoms with van der Waals surface area (Å²) in [6, 6.07) is 5.03. The zero-order valence-corrected chi connectivity index (χ0v) is 11.4. The highest BCUT2D eigenvalue weighted by molar-refractivity contribution is 5.87. The van der Waals surface area contributed by atoms with Crippen molar-refractivity contribution in [2.75, 3.05) is 13.1 Å². The Kier molecular flexibility index (Phi) is 4.50. The Bertz CT molecular complexity index is 546. The van der Waals surface area contributed by atoms with Gasteiger partial charge in [-0.3, -0.25) is 4.79 Å². The first-order valence-corrected chi connectivity index (χ1v) is 6.67. The van der Waals surface area contributed by atoms with Gasteiger partial charge in [0.15, 0.2) is 0 Å². The molecular weight excluding hydrogens is 279 g/mol. The van der Waals surface area contributed by atoms with E-state index in [1.807, 2.05) is 6.08 Å². The molecule has 1 saturated heterocycles. The molecule has 1 aromatic rings. The molecular formula is C16H16F3NO. The summed E-state index contributed by atoms with van der Waals surface area (Å²) in [7, 11) is 0. The summed E-state index contributed by atoms with van der Waals surface area (Å²) in [6.07, 6.45) is 1.59. The summed E-state index contributed by atoms with van der Waals surface area (Å²) in [5.74, 6) is 0.150. The predicted octanol–water partition coefficient (Wildman–Crippen LogP) is 3.75. The van der Waals surface area contributed by atoms with Crippen LogP contribution in [0.25, 0.3) is 6.08 Å². The highest BCUT2D eigenvalue weighted by Crippen LogP contribution is 2.29. The summed E-state index contributed by atoms with van der Waals surface area (Å²) < 4.78 is 37.3.